The Morgan fingerprint density at radius 2 is 2.33 bits per heavy atom. The summed E-state index contributed by atoms with van der Waals surface area (Å²) in [6.07, 6.45) is 3.35. The average molecular weight is 312 g/mol. The van der Waals surface area contributed by atoms with E-state index >= 15 is 0 Å². The maximum absolute atomic E-state index is 5.98. The molecule has 1 N–H and O–H groups in total. The molecule has 100 valence electrons. The second-order valence-corrected chi connectivity index (χ2v) is 6.12. The molecule has 0 saturated carbocycles. The summed E-state index contributed by atoms with van der Waals surface area (Å²) in [5.41, 5.74) is 1.34. The number of hydrogen-bond acceptors (Lipinski definition) is 2. The summed E-state index contributed by atoms with van der Waals surface area (Å²) in [7, 11) is 0. The van der Waals surface area contributed by atoms with Gasteiger partial charge in [0, 0.05) is 17.1 Å². The maximum atomic E-state index is 5.98. The molecular weight excluding hydrogens is 290 g/mol. The minimum absolute atomic E-state index is 0.0155. The minimum atomic E-state index is -0.0155. The van der Waals surface area contributed by atoms with E-state index in [4.69, 9.17) is 4.74 Å². The highest BCUT2D eigenvalue weighted by Crippen LogP contribution is 2.30. The van der Waals surface area contributed by atoms with Crippen LogP contribution >= 0.6 is 15.9 Å². The molecule has 1 aliphatic rings. The molecule has 1 saturated heterocycles. The first-order valence-electron chi connectivity index (χ1n) is 6.76. The third kappa shape index (κ3) is 3.34. The van der Waals surface area contributed by atoms with Crippen LogP contribution in [0.25, 0.3) is 0 Å². The van der Waals surface area contributed by atoms with Gasteiger partial charge in [0.25, 0.3) is 0 Å². The summed E-state index contributed by atoms with van der Waals surface area (Å²) >= 11 is 3.54. The zero-order valence-electron chi connectivity index (χ0n) is 11.2. The Labute approximate surface area is 118 Å². The smallest absolute Gasteiger partial charge is 0.0810 e. The Kier molecular flexibility index (Phi) is 4.82. The normalized spacial score (nSPS) is 25.3. The Bertz CT molecular complexity index is 388. The van der Waals surface area contributed by atoms with E-state index in [0.717, 1.165) is 30.5 Å². The quantitative estimate of drug-likeness (QED) is 0.898. The molecule has 2 nitrogen and oxygen atoms in total. The monoisotopic (exact) mass is 311 g/mol. The van der Waals surface area contributed by atoms with Gasteiger partial charge in [-0.15, -0.1) is 0 Å². The fraction of sp³-hybridized carbons (Fsp3) is 0.600. The van der Waals surface area contributed by atoms with Crippen molar-refractivity contribution in [2.75, 3.05) is 13.2 Å². The van der Waals surface area contributed by atoms with E-state index in [1.165, 1.54) is 12.0 Å². The topological polar surface area (TPSA) is 21.3 Å². The largest absolute Gasteiger partial charge is 0.374 e. The highest BCUT2D eigenvalue weighted by molar-refractivity contribution is 9.10. The minimum Gasteiger partial charge on any atom is -0.374 e. The zero-order chi connectivity index (χ0) is 13.0. The third-order valence-corrected chi connectivity index (χ3v) is 4.26. The molecule has 1 heterocycles. The van der Waals surface area contributed by atoms with Gasteiger partial charge in [-0.3, -0.25) is 0 Å². The summed E-state index contributed by atoms with van der Waals surface area (Å²) in [6.45, 7) is 6.28. The van der Waals surface area contributed by atoms with Gasteiger partial charge in [0.1, 0.15) is 0 Å². The van der Waals surface area contributed by atoms with E-state index < -0.39 is 0 Å². The van der Waals surface area contributed by atoms with Crippen LogP contribution < -0.4 is 5.32 Å². The predicted octanol–water partition coefficient (Wildman–Crippen LogP) is 3.54. The average Bonchev–Trinajstić information content (AvgIpc) is 2.77. The number of ether oxygens (including phenoxy) is 1. The lowest BCUT2D eigenvalue weighted by Crippen LogP contribution is -2.49. The third-order valence-electron chi connectivity index (χ3n) is 3.77. The lowest BCUT2D eigenvalue weighted by molar-refractivity contribution is -0.0110. The van der Waals surface area contributed by atoms with E-state index in [2.05, 4.69) is 59.4 Å². The number of halogens is 1. The number of benzene rings is 1. The standard InChI is InChI=1S/C15H22BrNO/c1-3-17-14(15(2)8-5-9-18-15)11-12-6-4-7-13(16)10-12/h4,6-7,10,14,17H,3,5,8-9,11H2,1-2H3. The van der Waals surface area contributed by atoms with Crippen molar-refractivity contribution in [2.45, 2.75) is 44.8 Å². The van der Waals surface area contributed by atoms with Crippen molar-refractivity contribution >= 4 is 15.9 Å². The lowest BCUT2D eigenvalue weighted by Gasteiger charge is -2.34. The molecule has 2 atom stereocenters. The van der Waals surface area contributed by atoms with Crippen LogP contribution in [0, 0.1) is 0 Å². The molecule has 1 aliphatic heterocycles. The van der Waals surface area contributed by atoms with E-state index in [1.807, 2.05) is 0 Å². The zero-order valence-corrected chi connectivity index (χ0v) is 12.8. The van der Waals surface area contributed by atoms with Crippen LogP contribution in [0.4, 0.5) is 0 Å². The second-order valence-electron chi connectivity index (χ2n) is 5.21. The molecule has 0 bridgehead atoms. The van der Waals surface area contributed by atoms with E-state index in [1.54, 1.807) is 0 Å². The van der Waals surface area contributed by atoms with Gasteiger partial charge in [-0.25, -0.2) is 0 Å². The number of rotatable bonds is 5. The molecule has 0 aliphatic carbocycles. The number of likely N-dealkylation sites (N-methyl/N-ethyl adjacent to an activating group) is 1. The molecule has 2 unspecified atom stereocenters. The maximum Gasteiger partial charge on any atom is 0.0810 e. The van der Waals surface area contributed by atoms with Crippen LogP contribution in [0.1, 0.15) is 32.3 Å². The van der Waals surface area contributed by atoms with Crippen LogP contribution in [0.15, 0.2) is 28.7 Å². The van der Waals surface area contributed by atoms with Gasteiger partial charge in [-0.05, 0) is 50.4 Å². The van der Waals surface area contributed by atoms with E-state index in [9.17, 15) is 0 Å². The van der Waals surface area contributed by atoms with Crippen LogP contribution in [0.2, 0.25) is 0 Å². The second kappa shape index (κ2) is 6.18. The first kappa shape index (κ1) is 14.0. The molecule has 1 fully saturated rings. The number of nitrogens with one attached hydrogen (secondary N) is 1. The Morgan fingerprint density at radius 3 is 2.94 bits per heavy atom. The fourth-order valence-electron chi connectivity index (χ4n) is 2.73. The van der Waals surface area contributed by atoms with Gasteiger partial charge in [0.15, 0.2) is 0 Å². The molecule has 0 spiro atoms. The molecule has 0 amide bonds. The Morgan fingerprint density at radius 1 is 1.50 bits per heavy atom. The summed E-state index contributed by atoms with van der Waals surface area (Å²) in [6, 6.07) is 8.94. The summed E-state index contributed by atoms with van der Waals surface area (Å²) in [5, 5.41) is 3.59. The first-order chi connectivity index (χ1) is 8.64. The van der Waals surface area contributed by atoms with Crippen molar-refractivity contribution in [3.8, 4) is 0 Å². The summed E-state index contributed by atoms with van der Waals surface area (Å²) in [5.74, 6) is 0. The Hall–Kier alpha value is -0.380. The van der Waals surface area contributed by atoms with Gasteiger partial charge >= 0.3 is 0 Å². The van der Waals surface area contributed by atoms with Crippen LogP contribution in [-0.2, 0) is 11.2 Å². The molecule has 1 aromatic carbocycles. The Balaban J connectivity index is 2.10. The van der Waals surface area contributed by atoms with Gasteiger partial charge in [0.05, 0.1) is 5.60 Å². The van der Waals surface area contributed by atoms with Crippen molar-refractivity contribution in [3.05, 3.63) is 34.3 Å². The van der Waals surface area contributed by atoms with Crippen molar-refractivity contribution in [2.24, 2.45) is 0 Å². The van der Waals surface area contributed by atoms with Gasteiger partial charge in [-0.1, -0.05) is 35.0 Å². The molecule has 0 aromatic heterocycles. The van der Waals surface area contributed by atoms with Gasteiger partial charge in [-0.2, -0.15) is 0 Å². The van der Waals surface area contributed by atoms with Crippen molar-refractivity contribution in [1.82, 2.24) is 5.32 Å². The molecule has 1 aromatic rings. The van der Waals surface area contributed by atoms with Gasteiger partial charge < -0.3 is 10.1 Å². The molecular formula is C15H22BrNO. The van der Waals surface area contributed by atoms with Crippen molar-refractivity contribution < 1.29 is 4.74 Å². The van der Waals surface area contributed by atoms with Gasteiger partial charge in [0.2, 0.25) is 0 Å². The number of hydrogen-bond donors (Lipinski definition) is 1. The van der Waals surface area contributed by atoms with Crippen molar-refractivity contribution in [3.63, 3.8) is 0 Å². The lowest BCUT2D eigenvalue weighted by atomic mass is 9.88. The highest BCUT2D eigenvalue weighted by atomic mass is 79.9. The van der Waals surface area contributed by atoms with Crippen LogP contribution in [-0.4, -0.2) is 24.8 Å². The fourth-order valence-corrected chi connectivity index (χ4v) is 3.17. The first-order valence-corrected chi connectivity index (χ1v) is 7.55. The SMILES string of the molecule is CCNC(Cc1cccc(Br)c1)C1(C)CCCO1. The summed E-state index contributed by atoms with van der Waals surface area (Å²) < 4.78 is 7.13. The van der Waals surface area contributed by atoms with Crippen LogP contribution in [0.3, 0.4) is 0 Å². The molecule has 3 heteroatoms. The van der Waals surface area contributed by atoms with E-state index in [0.29, 0.717) is 6.04 Å². The summed E-state index contributed by atoms with van der Waals surface area (Å²) in [4.78, 5) is 0. The van der Waals surface area contributed by atoms with Crippen LogP contribution in [0.5, 0.6) is 0 Å². The highest BCUT2D eigenvalue weighted by Gasteiger charge is 2.37. The van der Waals surface area contributed by atoms with E-state index in [-0.39, 0.29) is 5.60 Å². The molecule has 18 heavy (non-hydrogen) atoms. The molecule has 0 radical (unpaired) electrons. The van der Waals surface area contributed by atoms with Crippen molar-refractivity contribution in [1.29, 1.82) is 0 Å². The predicted molar refractivity (Wildman–Crippen MR) is 78.9 cm³/mol. The molecule has 2 rings (SSSR count).